The lowest BCUT2D eigenvalue weighted by Gasteiger charge is -2.35. The lowest BCUT2D eigenvalue weighted by molar-refractivity contribution is -0.128. The van der Waals surface area contributed by atoms with Crippen LogP contribution < -0.4 is 9.47 Å². The van der Waals surface area contributed by atoms with Crippen LogP contribution in [-0.2, 0) is 0 Å². The highest BCUT2D eigenvalue weighted by molar-refractivity contribution is 5.24. The van der Waals surface area contributed by atoms with Gasteiger partial charge >= 0.3 is 0 Å². The largest absolute Gasteiger partial charge is 0.452 e. The summed E-state index contributed by atoms with van der Waals surface area (Å²) in [6.45, 7) is 6.75. The SMILES string of the molecule is CCCCC(CCCC(C)C)(Oc1ccccc1)Oc1ccccc1. The molecule has 0 aliphatic carbocycles. The number of para-hydroxylation sites is 2. The highest BCUT2D eigenvalue weighted by Gasteiger charge is 2.34. The van der Waals surface area contributed by atoms with Gasteiger partial charge in [0.1, 0.15) is 11.5 Å². The zero-order valence-electron chi connectivity index (χ0n) is 15.9. The molecule has 0 saturated heterocycles. The molecule has 0 bridgehead atoms. The molecule has 0 spiro atoms. The summed E-state index contributed by atoms with van der Waals surface area (Å²) in [6.07, 6.45) is 6.29. The molecule has 2 aromatic carbocycles. The van der Waals surface area contributed by atoms with E-state index >= 15 is 0 Å². The summed E-state index contributed by atoms with van der Waals surface area (Å²) >= 11 is 0. The Morgan fingerprint density at radius 3 is 1.68 bits per heavy atom. The maximum absolute atomic E-state index is 6.47. The van der Waals surface area contributed by atoms with Crippen molar-refractivity contribution in [3.05, 3.63) is 60.7 Å². The number of ether oxygens (including phenoxy) is 2. The fourth-order valence-corrected chi connectivity index (χ4v) is 2.98. The van der Waals surface area contributed by atoms with Gasteiger partial charge in [0.05, 0.1) is 0 Å². The third-order valence-electron chi connectivity index (χ3n) is 4.34. The van der Waals surface area contributed by atoms with Gasteiger partial charge in [-0.15, -0.1) is 0 Å². The summed E-state index contributed by atoms with van der Waals surface area (Å²) in [4.78, 5) is 0. The average Bonchev–Trinajstić information content (AvgIpc) is 2.61. The Labute approximate surface area is 153 Å². The smallest absolute Gasteiger partial charge is 0.251 e. The van der Waals surface area contributed by atoms with Gasteiger partial charge in [0.25, 0.3) is 5.79 Å². The summed E-state index contributed by atoms with van der Waals surface area (Å²) in [6, 6.07) is 20.1. The van der Waals surface area contributed by atoms with Gasteiger partial charge in [-0.25, -0.2) is 0 Å². The Hall–Kier alpha value is -1.96. The van der Waals surface area contributed by atoms with E-state index in [2.05, 4.69) is 20.8 Å². The molecular weight excluding hydrogens is 308 g/mol. The first-order chi connectivity index (χ1) is 12.1. The number of rotatable bonds is 11. The van der Waals surface area contributed by atoms with E-state index in [0.29, 0.717) is 5.92 Å². The predicted octanol–water partition coefficient (Wildman–Crippen LogP) is 6.86. The molecule has 0 saturated carbocycles. The molecule has 2 heteroatoms. The van der Waals surface area contributed by atoms with Crippen molar-refractivity contribution in [1.29, 1.82) is 0 Å². The van der Waals surface area contributed by atoms with Crippen LogP contribution in [0.4, 0.5) is 0 Å². The molecule has 0 aliphatic heterocycles. The van der Waals surface area contributed by atoms with E-state index in [-0.39, 0.29) is 0 Å². The van der Waals surface area contributed by atoms with Crippen molar-refractivity contribution >= 4 is 0 Å². The highest BCUT2D eigenvalue weighted by Crippen LogP contribution is 2.32. The Kier molecular flexibility index (Phi) is 7.84. The minimum Gasteiger partial charge on any atom is -0.452 e. The lowest BCUT2D eigenvalue weighted by Crippen LogP contribution is -2.42. The van der Waals surface area contributed by atoms with Crippen LogP contribution >= 0.6 is 0 Å². The van der Waals surface area contributed by atoms with Crippen LogP contribution in [-0.4, -0.2) is 5.79 Å². The van der Waals surface area contributed by atoms with Crippen LogP contribution in [0.15, 0.2) is 60.7 Å². The molecule has 2 nitrogen and oxygen atoms in total. The van der Waals surface area contributed by atoms with Crippen LogP contribution in [0.3, 0.4) is 0 Å². The molecule has 0 radical (unpaired) electrons. The van der Waals surface area contributed by atoms with Crippen molar-refractivity contribution in [1.82, 2.24) is 0 Å². The second kappa shape index (κ2) is 10.1. The third-order valence-corrected chi connectivity index (χ3v) is 4.34. The molecule has 0 aliphatic rings. The van der Waals surface area contributed by atoms with E-state index in [4.69, 9.17) is 9.47 Å². The van der Waals surface area contributed by atoms with Crippen LogP contribution in [0.2, 0.25) is 0 Å². The van der Waals surface area contributed by atoms with Crippen molar-refractivity contribution in [2.24, 2.45) is 5.92 Å². The minimum absolute atomic E-state index is 0.604. The Balaban J connectivity index is 2.22. The van der Waals surface area contributed by atoms with Gasteiger partial charge in [0, 0.05) is 12.8 Å². The molecular formula is C23H32O2. The number of unbranched alkanes of at least 4 members (excludes halogenated alkanes) is 1. The van der Waals surface area contributed by atoms with Crippen LogP contribution in [0, 0.1) is 5.92 Å². The second-order valence-corrected chi connectivity index (χ2v) is 7.13. The Morgan fingerprint density at radius 2 is 1.24 bits per heavy atom. The van der Waals surface area contributed by atoms with Gasteiger partial charge in [-0.2, -0.15) is 0 Å². The number of hydrogen-bond acceptors (Lipinski definition) is 2. The van der Waals surface area contributed by atoms with E-state index in [1.54, 1.807) is 0 Å². The van der Waals surface area contributed by atoms with Crippen molar-refractivity contribution in [2.45, 2.75) is 65.1 Å². The molecule has 0 amide bonds. The summed E-state index contributed by atoms with van der Waals surface area (Å²) in [5.74, 6) is 1.84. The third kappa shape index (κ3) is 6.81. The van der Waals surface area contributed by atoms with E-state index in [1.807, 2.05) is 60.7 Å². The summed E-state index contributed by atoms with van der Waals surface area (Å²) in [5.41, 5.74) is 0. The van der Waals surface area contributed by atoms with E-state index in [1.165, 1.54) is 6.42 Å². The molecule has 0 heterocycles. The quantitative estimate of drug-likeness (QED) is 0.416. The molecule has 0 unspecified atom stereocenters. The van der Waals surface area contributed by atoms with Gasteiger partial charge in [0.2, 0.25) is 0 Å². The Morgan fingerprint density at radius 1 is 0.760 bits per heavy atom. The van der Waals surface area contributed by atoms with Gasteiger partial charge in [-0.1, -0.05) is 70.0 Å². The fourth-order valence-electron chi connectivity index (χ4n) is 2.98. The summed E-state index contributed by atoms with van der Waals surface area (Å²) < 4.78 is 12.9. The topological polar surface area (TPSA) is 18.5 Å². The Bertz CT molecular complexity index is 536. The van der Waals surface area contributed by atoms with Crippen molar-refractivity contribution < 1.29 is 9.47 Å². The molecule has 2 rings (SSSR count). The normalized spacial score (nSPS) is 11.5. The van der Waals surface area contributed by atoms with Crippen molar-refractivity contribution in [3.63, 3.8) is 0 Å². The summed E-state index contributed by atoms with van der Waals surface area (Å²) in [5, 5.41) is 0. The van der Waals surface area contributed by atoms with Crippen LogP contribution in [0.5, 0.6) is 11.5 Å². The van der Waals surface area contributed by atoms with Gasteiger partial charge in [0.15, 0.2) is 0 Å². The molecule has 136 valence electrons. The first-order valence-corrected chi connectivity index (χ1v) is 9.62. The predicted molar refractivity (Wildman–Crippen MR) is 105 cm³/mol. The molecule has 0 N–H and O–H groups in total. The van der Waals surface area contributed by atoms with Gasteiger partial charge in [-0.05, 0) is 43.0 Å². The second-order valence-electron chi connectivity index (χ2n) is 7.13. The van der Waals surface area contributed by atoms with Crippen LogP contribution in [0.1, 0.15) is 59.3 Å². The monoisotopic (exact) mass is 340 g/mol. The van der Waals surface area contributed by atoms with E-state index in [0.717, 1.165) is 43.6 Å². The zero-order chi connectivity index (χ0) is 18.0. The minimum atomic E-state index is -0.604. The van der Waals surface area contributed by atoms with E-state index in [9.17, 15) is 0 Å². The standard InChI is InChI=1S/C23H32O2/c1-4-5-18-23(19-12-13-20(2)3,24-21-14-8-6-9-15-21)25-22-16-10-7-11-17-22/h6-11,14-17,20H,4-5,12-13,18-19H2,1-3H3. The maximum Gasteiger partial charge on any atom is 0.251 e. The maximum atomic E-state index is 6.47. The van der Waals surface area contributed by atoms with Gasteiger partial charge in [-0.3, -0.25) is 0 Å². The molecule has 25 heavy (non-hydrogen) atoms. The van der Waals surface area contributed by atoms with Crippen molar-refractivity contribution in [3.8, 4) is 11.5 Å². The fraction of sp³-hybridized carbons (Fsp3) is 0.478. The zero-order valence-corrected chi connectivity index (χ0v) is 15.9. The molecule has 0 aromatic heterocycles. The van der Waals surface area contributed by atoms with Crippen LogP contribution in [0.25, 0.3) is 0 Å². The summed E-state index contributed by atoms with van der Waals surface area (Å²) in [7, 11) is 0. The first kappa shape index (κ1) is 19.4. The van der Waals surface area contributed by atoms with E-state index < -0.39 is 5.79 Å². The van der Waals surface area contributed by atoms with Crippen molar-refractivity contribution in [2.75, 3.05) is 0 Å². The lowest BCUT2D eigenvalue weighted by atomic mass is 9.98. The molecule has 0 atom stereocenters. The number of benzene rings is 2. The number of hydrogen-bond donors (Lipinski definition) is 0. The molecule has 0 fully saturated rings. The average molecular weight is 341 g/mol. The first-order valence-electron chi connectivity index (χ1n) is 9.62. The van der Waals surface area contributed by atoms with Gasteiger partial charge < -0.3 is 9.47 Å². The highest BCUT2D eigenvalue weighted by atomic mass is 16.7. The molecule has 2 aromatic rings.